The Kier molecular flexibility index (Phi) is 6.61. The van der Waals surface area contributed by atoms with Crippen molar-refractivity contribution in [3.63, 3.8) is 0 Å². The molecule has 166 valence electrons. The van der Waals surface area contributed by atoms with Crippen LogP contribution in [0.5, 0.6) is 0 Å². The number of rotatable bonds is 6. The number of thiophene rings is 1. The molecule has 0 fully saturated rings. The molecule has 7 nitrogen and oxygen atoms in total. The lowest BCUT2D eigenvalue weighted by atomic mass is 10.1. The predicted octanol–water partition coefficient (Wildman–Crippen LogP) is 3.52. The maximum Gasteiger partial charge on any atom is 0.251 e. The summed E-state index contributed by atoms with van der Waals surface area (Å²) in [5, 5.41) is 7.68. The zero-order chi connectivity index (χ0) is 22.7. The Morgan fingerprint density at radius 1 is 1.09 bits per heavy atom. The van der Waals surface area contributed by atoms with E-state index < -0.39 is 21.8 Å². The maximum absolute atomic E-state index is 13.1. The van der Waals surface area contributed by atoms with E-state index >= 15 is 0 Å². The minimum Gasteiger partial charge on any atom is -0.343 e. The molecule has 32 heavy (non-hydrogen) atoms. The molecule has 0 saturated heterocycles. The number of halogens is 1. The third-order valence-electron chi connectivity index (χ3n) is 5.04. The van der Waals surface area contributed by atoms with E-state index in [0.29, 0.717) is 30.2 Å². The summed E-state index contributed by atoms with van der Waals surface area (Å²) >= 11 is 7.45. The van der Waals surface area contributed by atoms with Crippen LogP contribution in [0.3, 0.4) is 0 Å². The van der Waals surface area contributed by atoms with Crippen LogP contribution in [0.1, 0.15) is 20.8 Å². The second kappa shape index (κ2) is 9.41. The molecule has 0 bridgehead atoms. The molecule has 4 rings (SSSR count). The number of nitrogens with zero attached hydrogens (tertiary/aromatic N) is 1. The molecule has 3 aromatic rings. The van der Waals surface area contributed by atoms with Crippen LogP contribution in [0.2, 0.25) is 5.02 Å². The molecule has 2 heterocycles. The molecule has 2 amide bonds. The summed E-state index contributed by atoms with van der Waals surface area (Å²) in [5.74, 6) is -0.948. The summed E-state index contributed by atoms with van der Waals surface area (Å²) in [7, 11) is -3.75. The van der Waals surface area contributed by atoms with Gasteiger partial charge < -0.3 is 10.6 Å². The highest BCUT2D eigenvalue weighted by molar-refractivity contribution is 7.89. The lowest BCUT2D eigenvalue weighted by Crippen LogP contribution is -2.35. The molecule has 1 aliphatic rings. The van der Waals surface area contributed by atoms with E-state index in [9.17, 15) is 18.0 Å². The van der Waals surface area contributed by atoms with Crippen LogP contribution in [-0.4, -0.2) is 37.6 Å². The van der Waals surface area contributed by atoms with Gasteiger partial charge in [0.2, 0.25) is 15.9 Å². The summed E-state index contributed by atoms with van der Waals surface area (Å²) in [4.78, 5) is 25.9. The number of carbonyl (C=O) groups excluding carboxylic acids is 2. The molecular formula is C22H20ClN3O4S2. The fraction of sp³-hybridized carbons (Fsp3) is 0.182. The second-order valence-electron chi connectivity index (χ2n) is 7.22. The first-order valence-electron chi connectivity index (χ1n) is 9.82. The van der Waals surface area contributed by atoms with Crippen LogP contribution in [0.15, 0.2) is 64.9 Å². The number of carbonyl (C=O) groups is 2. The van der Waals surface area contributed by atoms with Gasteiger partial charge in [0.1, 0.15) is 0 Å². The van der Waals surface area contributed by atoms with Crippen molar-refractivity contribution in [3.8, 4) is 0 Å². The van der Waals surface area contributed by atoms with E-state index in [-0.39, 0.29) is 17.0 Å². The average molecular weight is 490 g/mol. The Morgan fingerprint density at radius 3 is 2.66 bits per heavy atom. The summed E-state index contributed by atoms with van der Waals surface area (Å²) in [6.45, 7) is 0.463. The first-order chi connectivity index (χ1) is 15.3. The minimum atomic E-state index is -3.75. The molecule has 0 saturated carbocycles. The molecule has 10 heteroatoms. The number of fused-ring (bicyclic) bond motifs is 1. The van der Waals surface area contributed by atoms with Gasteiger partial charge in [0, 0.05) is 34.2 Å². The Bertz CT molecular complexity index is 1260. The molecule has 2 aromatic carbocycles. The lowest BCUT2D eigenvalue weighted by molar-refractivity contribution is -0.115. The largest absolute Gasteiger partial charge is 0.343 e. The van der Waals surface area contributed by atoms with Crippen LogP contribution < -0.4 is 10.6 Å². The fourth-order valence-electron chi connectivity index (χ4n) is 3.38. The highest BCUT2D eigenvalue weighted by Gasteiger charge is 2.29. The van der Waals surface area contributed by atoms with Gasteiger partial charge >= 0.3 is 0 Å². The first kappa shape index (κ1) is 22.5. The van der Waals surface area contributed by atoms with Crippen LogP contribution >= 0.6 is 22.9 Å². The van der Waals surface area contributed by atoms with Crippen molar-refractivity contribution in [1.82, 2.24) is 9.62 Å². The van der Waals surface area contributed by atoms with Crippen molar-refractivity contribution in [2.75, 3.05) is 18.4 Å². The smallest absolute Gasteiger partial charge is 0.251 e. The third kappa shape index (κ3) is 5.02. The van der Waals surface area contributed by atoms with Crippen molar-refractivity contribution in [2.24, 2.45) is 0 Å². The molecule has 0 aliphatic carbocycles. The minimum absolute atomic E-state index is 0.0504. The van der Waals surface area contributed by atoms with Crippen molar-refractivity contribution >= 4 is 50.5 Å². The van der Waals surface area contributed by atoms with Gasteiger partial charge in [-0.25, -0.2) is 8.42 Å². The van der Waals surface area contributed by atoms with Crippen LogP contribution in [-0.2, 0) is 27.8 Å². The fourth-order valence-corrected chi connectivity index (χ4v) is 5.86. The van der Waals surface area contributed by atoms with Crippen molar-refractivity contribution in [1.29, 1.82) is 0 Å². The van der Waals surface area contributed by atoms with Crippen LogP contribution in [0, 0.1) is 0 Å². The number of hydrogen-bond donors (Lipinski definition) is 2. The predicted molar refractivity (Wildman–Crippen MR) is 124 cm³/mol. The maximum atomic E-state index is 13.1. The van der Waals surface area contributed by atoms with Gasteiger partial charge in [0.15, 0.2) is 0 Å². The van der Waals surface area contributed by atoms with Crippen LogP contribution in [0.4, 0.5) is 5.69 Å². The Labute approximate surface area is 195 Å². The number of nitrogens with one attached hydrogen (secondary N) is 2. The Balaban J connectivity index is 1.40. The normalized spacial score (nSPS) is 13.9. The molecule has 2 N–H and O–H groups in total. The van der Waals surface area contributed by atoms with Gasteiger partial charge in [-0.3, -0.25) is 9.59 Å². The number of sulfonamides is 1. The van der Waals surface area contributed by atoms with Gasteiger partial charge in [0.05, 0.1) is 11.4 Å². The number of amides is 2. The molecule has 1 aliphatic heterocycles. The summed E-state index contributed by atoms with van der Waals surface area (Å²) in [6, 6.07) is 14.4. The van der Waals surface area contributed by atoms with Gasteiger partial charge in [0.25, 0.3) is 5.91 Å². The average Bonchev–Trinajstić information content (AvgIpc) is 3.27. The third-order valence-corrected chi connectivity index (χ3v) is 8.16. The molecule has 0 spiro atoms. The first-order valence-corrected chi connectivity index (χ1v) is 12.5. The Hall–Kier alpha value is -2.72. The number of hydrogen-bond acceptors (Lipinski definition) is 5. The highest BCUT2D eigenvalue weighted by atomic mass is 35.5. The van der Waals surface area contributed by atoms with E-state index in [2.05, 4.69) is 10.6 Å². The van der Waals surface area contributed by atoms with Gasteiger partial charge in [-0.2, -0.15) is 4.31 Å². The van der Waals surface area contributed by atoms with Crippen LogP contribution in [0.25, 0.3) is 0 Å². The quantitative estimate of drug-likeness (QED) is 0.553. The molecular weight excluding hydrogens is 470 g/mol. The summed E-state index contributed by atoms with van der Waals surface area (Å²) in [6.07, 6.45) is 0.676. The zero-order valence-electron chi connectivity index (χ0n) is 16.9. The van der Waals surface area contributed by atoms with E-state index in [1.54, 1.807) is 35.6 Å². The summed E-state index contributed by atoms with van der Waals surface area (Å²) < 4.78 is 27.7. The second-order valence-corrected chi connectivity index (χ2v) is 10.6. The standard InChI is InChI=1S/C22H20ClN3O4S2/c23-17-4-6-18(7-5-17)25-21(27)13-24-22(28)15-2-1-3-19(12-15)32(29,30)26-10-8-20-16(14-26)9-11-31-20/h1-7,9,11-12H,8,10,13-14H2,(H,24,28)(H,25,27). The van der Waals surface area contributed by atoms with E-state index in [0.717, 1.165) is 5.56 Å². The molecule has 0 unspecified atom stereocenters. The van der Waals surface area contributed by atoms with Gasteiger partial charge in [-0.1, -0.05) is 17.7 Å². The van der Waals surface area contributed by atoms with Gasteiger partial charge in [-0.05, 0) is 65.9 Å². The van der Waals surface area contributed by atoms with E-state index in [1.807, 2.05) is 11.4 Å². The Morgan fingerprint density at radius 2 is 1.88 bits per heavy atom. The highest BCUT2D eigenvalue weighted by Crippen LogP contribution is 2.28. The zero-order valence-corrected chi connectivity index (χ0v) is 19.3. The van der Waals surface area contributed by atoms with Crippen molar-refractivity contribution in [2.45, 2.75) is 17.9 Å². The SMILES string of the molecule is O=C(CNC(=O)c1cccc(S(=O)(=O)N2CCc3sccc3C2)c1)Nc1ccc(Cl)cc1. The molecule has 0 atom stereocenters. The number of anilines is 1. The summed E-state index contributed by atoms with van der Waals surface area (Å²) in [5.41, 5.74) is 1.74. The monoisotopic (exact) mass is 489 g/mol. The lowest BCUT2D eigenvalue weighted by Gasteiger charge is -2.26. The van der Waals surface area contributed by atoms with Gasteiger partial charge in [-0.15, -0.1) is 11.3 Å². The molecule has 0 radical (unpaired) electrons. The number of benzene rings is 2. The van der Waals surface area contributed by atoms with Crippen molar-refractivity contribution in [3.05, 3.63) is 81.0 Å². The van der Waals surface area contributed by atoms with E-state index in [4.69, 9.17) is 11.6 Å². The topological polar surface area (TPSA) is 95.6 Å². The van der Waals surface area contributed by atoms with E-state index in [1.165, 1.54) is 33.4 Å². The molecule has 1 aromatic heterocycles. The van der Waals surface area contributed by atoms with Crippen molar-refractivity contribution < 1.29 is 18.0 Å².